The van der Waals surface area contributed by atoms with E-state index in [-0.39, 0.29) is 18.9 Å². The van der Waals surface area contributed by atoms with Gasteiger partial charge in [0.25, 0.3) is 0 Å². The van der Waals surface area contributed by atoms with E-state index < -0.39 is 18.2 Å². The summed E-state index contributed by atoms with van der Waals surface area (Å²) in [4.78, 5) is 12.4. The second-order valence-corrected chi connectivity index (χ2v) is 15.6. The lowest BCUT2D eigenvalue weighted by Gasteiger charge is -2.21. The van der Waals surface area contributed by atoms with Gasteiger partial charge in [-0.2, -0.15) is 0 Å². The van der Waals surface area contributed by atoms with E-state index in [2.05, 4.69) is 67.8 Å². The largest absolute Gasteiger partial charge is 0.394 e. The number of allylic oxidation sites excluding steroid dienone is 9. The lowest BCUT2D eigenvalue weighted by atomic mass is 10.0. The number of amides is 1. The molecule has 54 heavy (non-hydrogen) atoms. The number of unbranched alkanes of at least 4 members (excludes halogenated alkanes) is 24. The zero-order valence-corrected chi connectivity index (χ0v) is 35.6. The van der Waals surface area contributed by atoms with E-state index in [0.29, 0.717) is 6.42 Å². The van der Waals surface area contributed by atoms with Crippen LogP contribution in [0.1, 0.15) is 219 Å². The van der Waals surface area contributed by atoms with Gasteiger partial charge in [-0.3, -0.25) is 4.79 Å². The molecule has 0 rings (SSSR count). The van der Waals surface area contributed by atoms with Crippen molar-refractivity contribution in [2.24, 2.45) is 0 Å². The zero-order chi connectivity index (χ0) is 39.4. The molecular weight excluding hydrogens is 667 g/mol. The minimum Gasteiger partial charge on any atom is -0.394 e. The van der Waals surface area contributed by atoms with Crippen molar-refractivity contribution in [1.29, 1.82) is 0 Å². The number of nitrogens with one attached hydrogen (secondary N) is 1. The molecule has 0 aliphatic rings. The zero-order valence-electron chi connectivity index (χ0n) is 35.6. The Morgan fingerprint density at radius 3 is 1.35 bits per heavy atom. The summed E-state index contributed by atoms with van der Waals surface area (Å²) < 4.78 is 0. The maximum atomic E-state index is 12.4. The predicted molar refractivity (Wildman–Crippen MR) is 236 cm³/mol. The van der Waals surface area contributed by atoms with Crippen LogP contribution in [0.5, 0.6) is 0 Å². The van der Waals surface area contributed by atoms with Crippen LogP contribution >= 0.6 is 0 Å². The second-order valence-electron chi connectivity index (χ2n) is 15.6. The molecule has 0 bridgehead atoms. The molecule has 3 unspecified atom stereocenters. The maximum Gasteiger partial charge on any atom is 0.222 e. The number of carbonyl (C=O) groups is 1. The topological polar surface area (TPSA) is 89.8 Å². The molecule has 0 aromatic carbocycles. The normalized spacial score (nSPS) is 14.1. The Hall–Kier alpha value is -1.95. The smallest absolute Gasteiger partial charge is 0.222 e. The molecule has 0 spiro atoms. The minimum absolute atomic E-state index is 0.00136. The van der Waals surface area contributed by atoms with Gasteiger partial charge in [-0.05, 0) is 70.6 Å². The highest BCUT2D eigenvalue weighted by atomic mass is 16.3. The molecule has 0 aliphatic heterocycles. The lowest BCUT2D eigenvalue weighted by Crippen LogP contribution is -2.45. The summed E-state index contributed by atoms with van der Waals surface area (Å²) in [6, 6.07) is -0.769. The fourth-order valence-electron chi connectivity index (χ4n) is 6.68. The first-order valence-electron chi connectivity index (χ1n) is 23.1. The van der Waals surface area contributed by atoms with E-state index in [4.69, 9.17) is 0 Å². The van der Waals surface area contributed by atoms with Gasteiger partial charge in [-0.25, -0.2) is 0 Å². The van der Waals surface area contributed by atoms with Crippen LogP contribution in [0.15, 0.2) is 60.8 Å². The molecule has 314 valence electrons. The van der Waals surface area contributed by atoms with Crippen LogP contribution in [-0.4, -0.2) is 46.1 Å². The molecule has 0 aromatic heterocycles. The number of aliphatic hydroxyl groups excluding tert-OH is 3. The van der Waals surface area contributed by atoms with E-state index >= 15 is 0 Å². The van der Waals surface area contributed by atoms with Crippen molar-refractivity contribution in [2.45, 2.75) is 238 Å². The third-order valence-corrected chi connectivity index (χ3v) is 10.3. The summed E-state index contributed by atoms with van der Waals surface area (Å²) in [5.74, 6) is -0.334. The molecule has 5 heteroatoms. The molecular formula is C49H89NO4. The molecule has 0 heterocycles. The second kappa shape index (κ2) is 43.8. The van der Waals surface area contributed by atoms with E-state index in [1.54, 1.807) is 6.08 Å². The van der Waals surface area contributed by atoms with E-state index in [0.717, 1.165) is 44.9 Å². The molecule has 0 fully saturated rings. The Bertz CT molecular complexity index is 923. The Balaban J connectivity index is 3.63. The highest BCUT2D eigenvalue weighted by Crippen LogP contribution is 2.15. The molecule has 0 aliphatic carbocycles. The van der Waals surface area contributed by atoms with Crippen molar-refractivity contribution in [3.63, 3.8) is 0 Å². The van der Waals surface area contributed by atoms with Crippen molar-refractivity contribution >= 4 is 5.91 Å². The molecule has 0 radical (unpaired) electrons. The first kappa shape index (κ1) is 52.0. The Kier molecular flexibility index (Phi) is 42.2. The molecule has 0 saturated heterocycles. The predicted octanol–water partition coefficient (Wildman–Crippen LogP) is 13.5. The molecule has 0 aromatic rings. The van der Waals surface area contributed by atoms with Crippen LogP contribution in [0.25, 0.3) is 0 Å². The summed E-state index contributed by atoms with van der Waals surface area (Å²) >= 11 is 0. The summed E-state index contributed by atoms with van der Waals surface area (Å²) in [6.45, 7) is 4.14. The third-order valence-electron chi connectivity index (χ3n) is 10.3. The van der Waals surface area contributed by atoms with Crippen molar-refractivity contribution < 1.29 is 20.1 Å². The summed E-state index contributed by atoms with van der Waals surface area (Å²) in [5.41, 5.74) is 0. The van der Waals surface area contributed by atoms with Crippen LogP contribution in [-0.2, 0) is 4.79 Å². The monoisotopic (exact) mass is 756 g/mol. The standard InChI is InChI=1S/C49H89NO4/c1-3-5-7-9-11-13-15-17-18-19-20-21-22-23-24-25-26-27-28-29-30-31-32-34-36-38-40-42-46(52)44-49(54)50-47(45-51)48(53)43-41-39-37-35-33-16-14-12-10-8-6-4-2/h10,12,20-21,23-24,33,35,41,43,46-48,51-53H,3-9,11,13-19,22,25-32,34,36-40,42,44-45H2,1-2H3,(H,50,54)/b12-10+,21-20-,24-23-,35-33+,43-41+. The number of hydrogen-bond acceptors (Lipinski definition) is 4. The van der Waals surface area contributed by atoms with Gasteiger partial charge in [0.05, 0.1) is 31.3 Å². The number of rotatable bonds is 41. The van der Waals surface area contributed by atoms with Crippen molar-refractivity contribution in [3.05, 3.63) is 60.8 Å². The van der Waals surface area contributed by atoms with Crippen molar-refractivity contribution in [1.82, 2.24) is 5.32 Å². The highest BCUT2D eigenvalue weighted by molar-refractivity contribution is 5.76. The number of aliphatic hydroxyl groups is 3. The lowest BCUT2D eigenvalue weighted by molar-refractivity contribution is -0.124. The fraction of sp³-hybridized carbons (Fsp3) is 0.776. The highest BCUT2D eigenvalue weighted by Gasteiger charge is 2.20. The first-order chi connectivity index (χ1) is 26.5. The van der Waals surface area contributed by atoms with Gasteiger partial charge >= 0.3 is 0 Å². The van der Waals surface area contributed by atoms with Crippen molar-refractivity contribution in [3.8, 4) is 0 Å². The molecule has 4 N–H and O–H groups in total. The van der Waals surface area contributed by atoms with Gasteiger partial charge in [-0.1, -0.05) is 203 Å². The van der Waals surface area contributed by atoms with Crippen LogP contribution in [0, 0.1) is 0 Å². The average Bonchev–Trinajstić information content (AvgIpc) is 3.16. The van der Waals surface area contributed by atoms with E-state index in [1.807, 2.05) is 6.08 Å². The SMILES string of the molecule is CCCC/C=C/CC/C=C/CC/C=C/C(O)C(CO)NC(=O)CC(O)CCCCCCCCCCCCC/C=C\C/C=C\CCCCCCCCCCC. The Morgan fingerprint density at radius 2 is 0.870 bits per heavy atom. The first-order valence-corrected chi connectivity index (χ1v) is 23.1. The summed E-state index contributed by atoms with van der Waals surface area (Å²) in [5, 5.41) is 33.1. The van der Waals surface area contributed by atoms with Gasteiger partial charge in [0.1, 0.15) is 0 Å². The van der Waals surface area contributed by atoms with Gasteiger partial charge in [0.2, 0.25) is 5.91 Å². The summed E-state index contributed by atoms with van der Waals surface area (Å²) in [7, 11) is 0. The fourth-order valence-corrected chi connectivity index (χ4v) is 6.68. The van der Waals surface area contributed by atoms with Gasteiger partial charge in [0.15, 0.2) is 0 Å². The van der Waals surface area contributed by atoms with Gasteiger partial charge < -0.3 is 20.6 Å². The van der Waals surface area contributed by atoms with Crippen LogP contribution in [0.3, 0.4) is 0 Å². The maximum absolute atomic E-state index is 12.4. The Morgan fingerprint density at radius 1 is 0.481 bits per heavy atom. The van der Waals surface area contributed by atoms with Gasteiger partial charge in [0, 0.05) is 0 Å². The quantitative estimate of drug-likeness (QED) is 0.0369. The molecule has 3 atom stereocenters. The van der Waals surface area contributed by atoms with Crippen LogP contribution in [0.2, 0.25) is 0 Å². The van der Waals surface area contributed by atoms with Crippen molar-refractivity contribution in [2.75, 3.05) is 6.61 Å². The van der Waals surface area contributed by atoms with Crippen LogP contribution < -0.4 is 5.32 Å². The molecule has 1 amide bonds. The molecule has 0 saturated carbocycles. The Labute approximate surface area is 335 Å². The van der Waals surface area contributed by atoms with E-state index in [1.165, 1.54) is 148 Å². The van der Waals surface area contributed by atoms with Crippen LogP contribution in [0.4, 0.5) is 0 Å². The number of carbonyl (C=O) groups excluding carboxylic acids is 1. The minimum atomic E-state index is -0.961. The average molecular weight is 756 g/mol. The third kappa shape index (κ3) is 39.7. The van der Waals surface area contributed by atoms with Gasteiger partial charge in [-0.15, -0.1) is 0 Å². The summed E-state index contributed by atoms with van der Waals surface area (Å²) in [6.07, 6.45) is 58.1. The molecule has 5 nitrogen and oxygen atoms in total. The number of hydrogen-bond donors (Lipinski definition) is 4. The van der Waals surface area contributed by atoms with E-state index in [9.17, 15) is 20.1 Å².